The molecule has 0 bridgehead atoms. The Bertz CT molecular complexity index is 1010. The average molecular weight is 343 g/mol. The summed E-state index contributed by atoms with van der Waals surface area (Å²) in [5.74, 6) is 0.513. The van der Waals surface area contributed by atoms with Crippen LogP contribution >= 0.6 is 0 Å². The summed E-state index contributed by atoms with van der Waals surface area (Å²) < 4.78 is 2.25. The summed E-state index contributed by atoms with van der Waals surface area (Å²) in [6, 6.07) is 13.4. The molecule has 1 aromatic carbocycles. The van der Waals surface area contributed by atoms with E-state index < -0.39 is 0 Å². The average Bonchev–Trinajstić information content (AvgIpc) is 2.84. The number of aromatic nitrogens is 2. The Kier molecular flexibility index (Phi) is 3.76. The summed E-state index contributed by atoms with van der Waals surface area (Å²) in [5.41, 5.74) is 10.4. The molecule has 0 spiro atoms. The molecule has 2 heterocycles. The van der Waals surface area contributed by atoms with Crippen LogP contribution in [0.15, 0.2) is 48.8 Å². The molecule has 132 valence electrons. The molecule has 0 radical (unpaired) electrons. The van der Waals surface area contributed by atoms with Crippen molar-refractivity contribution in [1.29, 1.82) is 0 Å². The van der Waals surface area contributed by atoms with Crippen LogP contribution in [0.4, 0.5) is 0 Å². The lowest BCUT2D eigenvalue weighted by Crippen LogP contribution is -2.32. The molecule has 2 nitrogen and oxygen atoms in total. The fraction of sp³-hybridized carbons (Fsp3) is 0.333. The van der Waals surface area contributed by atoms with E-state index in [9.17, 15) is 0 Å². The topological polar surface area (TPSA) is 16.8 Å². The second-order valence-electron chi connectivity index (χ2n) is 8.32. The smallest absolute Gasteiger partial charge is 0.213 e. The molecule has 0 aliphatic heterocycles. The van der Waals surface area contributed by atoms with Gasteiger partial charge in [0, 0.05) is 29.3 Å². The van der Waals surface area contributed by atoms with Crippen molar-refractivity contribution < 1.29 is 4.57 Å². The Balaban J connectivity index is 2.07. The molecule has 1 aliphatic carbocycles. The van der Waals surface area contributed by atoms with Crippen LogP contribution in [0.25, 0.3) is 22.5 Å². The van der Waals surface area contributed by atoms with Crippen molar-refractivity contribution in [1.82, 2.24) is 4.98 Å². The number of hydrogen-bond acceptors (Lipinski definition) is 1. The monoisotopic (exact) mass is 343 g/mol. The van der Waals surface area contributed by atoms with Crippen molar-refractivity contribution >= 4 is 0 Å². The van der Waals surface area contributed by atoms with E-state index in [1.165, 1.54) is 39.1 Å². The lowest BCUT2D eigenvalue weighted by Gasteiger charge is -2.24. The van der Waals surface area contributed by atoms with E-state index in [0.29, 0.717) is 5.92 Å². The van der Waals surface area contributed by atoms with Crippen LogP contribution in [0.1, 0.15) is 55.9 Å². The van der Waals surface area contributed by atoms with Crippen LogP contribution in [0.5, 0.6) is 0 Å². The van der Waals surface area contributed by atoms with Crippen LogP contribution < -0.4 is 4.57 Å². The summed E-state index contributed by atoms with van der Waals surface area (Å²) in [6.07, 6.45) is 4.10. The first-order chi connectivity index (χ1) is 12.3. The van der Waals surface area contributed by atoms with E-state index in [-0.39, 0.29) is 5.41 Å². The van der Waals surface area contributed by atoms with E-state index in [0.717, 1.165) is 5.69 Å². The van der Waals surface area contributed by atoms with Crippen molar-refractivity contribution in [2.45, 2.75) is 46.0 Å². The largest absolute Gasteiger partial charge is 0.256 e. The third-order valence-electron chi connectivity index (χ3n) is 5.87. The molecule has 0 unspecified atom stereocenters. The first kappa shape index (κ1) is 17.0. The minimum atomic E-state index is -0.0544. The Morgan fingerprint density at radius 3 is 2.58 bits per heavy atom. The van der Waals surface area contributed by atoms with Crippen molar-refractivity contribution in [3.8, 4) is 22.5 Å². The van der Waals surface area contributed by atoms with Gasteiger partial charge in [0.25, 0.3) is 0 Å². The molecule has 2 aromatic heterocycles. The van der Waals surface area contributed by atoms with Gasteiger partial charge >= 0.3 is 0 Å². The molecule has 0 amide bonds. The Morgan fingerprint density at radius 1 is 1.08 bits per heavy atom. The van der Waals surface area contributed by atoms with Crippen LogP contribution in [0.2, 0.25) is 0 Å². The number of nitrogens with zero attached hydrogens (tertiary/aromatic N) is 2. The molecule has 4 rings (SSSR count). The fourth-order valence-corrected chi connectivity index (χ4v) is 4.34. The Labute approximate surface area is 156 Å². The third-order valence-corrected chi connectivity index (χ3v) is 5.87. The number of pyridine rings is 2. The highest BCUT2D eigenvalue weighted by atomic mass is 14.9. The van der Waals surface area contributed by atoms with Crippen LogP contribution in [-0.2, 0) is 12.5 Å². The first-order valence-corrected chi connectivity index (χ1v) is 9.42. The Morgan fingerprint density at radius 2 is 1.85 bits per heavy atom. The summed E-state index contributed by atoms with van der Waals surface area (Å²) in [5, 5.41) is 0. The maximum Gasteiger partial charge on any atom is 0.213 e. The molecule has 2 heteroatoms. The molecule has 0 saturated heterocycles. The van der Waals surface area contributed by atoms with Crippen molar-refractivity contribution in [3.05, 3.63) is 71.0 Å². The van der Waals surface area contributed by atoms with Crippen LogP contribution in [0, 0.1) is 6.92 Å². The quantitative estimate of drug-likeness (QED) is 0.576. The highest BCUT2D eigenvalue weighted by Crippen LogP contribution is 2.51. The van der Waals surface area contributed by atoms with Crippen molar-refractivity contribution in [2.24, 2.45) is 7.05 Å². The first-order valence-electron chi connectivity index (χ1n) is 9.42. The zero-order valence-electron chi connectivity index (χ0n) is 16.6. The van der Waals surface area contributed by atoms with E-state index in [4.69, 9.17) is 4.98 Å². The lowest BCUT2D eigenvalue weighted by molar-refractivity contribution is -0.660. The second kappa shape index (κ2) is 5.77. The van der Waals surface area contributed by atoms with Gasteiger partial charge in [-0.3, -0.25) is 4.98 Å². The molecule has 0 saturated carbocycles. The van der Waals surface area contributed by atoms with E-state index in [1.54, 1.807) is 0 Å². The normalized spacial score (nSPS) is 14.4. The van der Waals surface area contributed by atoms with Gasteiger partial charge in [-0.2, -0.15) is 0 Å². The molecular weight excluding hydrogens is 316 g/mol. The second-order valence-corrected chi connectivity index (χ2v) is 8.32. The van der Waals surface area contributed by atoms with E-state index >= 15 is 0 Å². The predicted octanol–water partition coefficient (Wildman–Crippen LogP) is 5.31. The zero-order chi connectivity index (χ0) is 18.6. The molecule has 0 fully saturated rings. The number of benzene rings is 1. The molecule has 0 atom stereocenters. The van der Waals surface area contributed by atoms with Crippen LogP contribution in [0.3, 0.4) is 0 Å². The number of hydrogen-bond donors (Lipinski definition) is 0. The van der Waals surface area contributed by atoms with Gasteiger partial charge in [-0.15, -0.1) is 0 Å². The minimum Gasteiger partial charge on any atom is -0.256 e. The number of rotatable bonds is 2. The lowest BCUT2D eigenvalue weighted by atomic mass is 9.78. The van der Waals surface area contributed by atoms with Gasteiger partial charge in [-0.25, -0.2) is 4.57 Å². The summed E-state index contributed by atoms with van der Waals surface area (Å²) in [4.78, 5) is 4.72. The van der Waals surface area contributed by atoms with Crippen molar-refractivity contribution in [3.63, 3.8) is 0 Å². The highest BCUT2D eigenvalue weighted by Gasteiger charge is 2.40. The molecule has 1 aliphatic rings. The van der Waals surface area contributed by atoms with Gasteiger partial charge < -0.3 is 0 Å². The van der Waals surface area contributed by atoms with Crippen molar-refractivity contribution in [2.75, 3.05) is 0 Å². The highest BCUT2D eigenvalue weighted by molar-refractivity contribution is 5.86. The maximum atomic E-state index is 4.72. The van der Waals surface area contributed by atoms with Crippen LogP contribution in [-0.4, -0.2) is 4.98 Å². The fourth-order valence-electron chi connectivity index (χ4n) is 4.34. The van der Waals surface area contributed by atoms with E-state index in [1.807, 2.05) is 6.20 Å². The molecule has 0 N–H and O–H groups in total. The van der Waals surface area contributed by atoms with Gasteiger partial charge in [0.1, 0.15) is 7.05 Å². The number of fused-ring (bicyclic) bond motifs is 3. The summed E-state index contributed by atoms with van der Waals surface area (Å²) in [7, 11) is 2.14. The summed E-state index contributed by atoms with van der Waals surface area (Å²) >= 11 is 0. The van der Waals surface area contributed by atoms with Gasteiger partial charge in [-0.1, -0.05) is 45.9 Å². The van der Waals surface area contributed by atoms with Gasteiger partial charge in [-0.05, 0) is 41.2 Å². The van der Waals surface area contributed by atoms with Gasteiger partial charge in [0.2, 0.25) is 5.69 Å². The number of aryl methyl sites for hydroxylation is 2. The SMILES string of the molecule is Cc1ccc2c(c1-c1cc(C(C)C)cc[n+]1C)C(C)(C)c1cccnc1-2. The molecule has 26 heavy (non-hydrogen) atoms. The third kappa shape index (κ3) is 2.32. The van der Waals surface area contributed by atoms with Gasteiger partial charge in [0.15, 0.2) is 6.20 Å². The standard InChI is InChI=1S/C24H27N2/c1-15(2)17-11-13-26(6)20(14-17)21-16(3)9-10-18-22(21)24(4,5)19-8-7-12-25-23(18)19/h7-15H,1-6H3/q+1. The molecular formula is C24H27N2+. The van der Waals surface area contributed by atoms with E-state index in [2.05, 4.69) is 88.8 Å². The van der Waals surface area contributed by atoms with Gasteiger partial charge in [0.05, 0.1) is 11.3 Å². The predicted molar refractivity (Wildman–Crippen MR) is 107 cm³/mol. The molecule has 3 aromatic rings. The zero-order valence-corrected chi connectivity index (χ0v) is 16.6. The maximum absolute atomic E-state index is 4.72. The Hall–Kier alpha value is -2.48. The minimum absolute atomic E-state index is 0.0544. The summed E-state index contributed by atoms with van der Waals surface area (Å²) in [6.45, 7) is 11.4.